The van der Waals surface area contributed by atoms with Gasteiger partial charge in [-0.15, -0.1) is 0 Å². The van der Waals surface area contributed by atoms with Gasteiger partial charge in [-0.2, -0.15) is 0 Å². The quantitative estimate of drug-likeness (QED) is 0.832. The van der Waals surface area contributed by atoms with Crippen molar-refractivity contribution in [3.63, 3.8) is 0 Å². The number of anilines is 1. The number of nitrogens with two attached hydrogens (primary N) is 1. The second-order valence-corrected chi connectivity index (χ2v) is 3.41. The molecule has 0 amide bonds. The van der Waals surface area contributed by atoms with Crippen molar-refractivity contribution in [3.05, 3.63) is 53.7 Å². The summed E-state index contributed by atoms with van der Waals surface area (Å²) < 4.78 is 18.6. The summed E-state index contributed by atoms with van der Waals surface area (Å²) in [4.78, 5) is 0. The molecule has 0 aliphatic heterocycles. The predicted octanol–water partition coefficient (Wildman–Crippen LogP) is 2.49. The highest BCUT2D eigenvalue weighted by atomic mass is 19.1. The van der Waals surface area contributed by atoms with Crippen LogP contribution in [0.4, 0.5) is 10.1 Å². The van der Waals surface area contributed by atoms with Crippen LogP contribution in [0.2, 0.25) is 0 Å². The van der Waals surface area contributed by atoms with Gasteiger partial charge in [0.25, 0.3) is 0 Å². The van der Waals surface area contributed by atoms with Crippen LogP contribution >= 0.6 is 0 Å². The SMILES string of the molecule is NCc1ccc(CNc2ccccc2F)o1. The lowest BCUT2D eigenvalue weighted by molar-refractivity contribution is 0.472. The van der Waals surface area contributed by atoms with Gasteiger partial charge in [0.15, 0.2) is 0 Å². The monoisotopic (exact) mass is 220 g/mol. The minimum Gasteiger partial charge on any atom is -0.463 e. The molecular formula is C12H13FN2O. The van der Waals surface area contributed by atoms with Crippen LogP contribution in [0.3, 0.4) is 0 Å². The highest BCUT2D eigenvalue weighted by Gasteiger charge is 2.02. The zero-order valence-electron chi connectivity index (χ0n) is 8.74. The molecule has 4 heteroatoms. The van der Waals surface area contributed by atoms with Crippen LogP contribution in [-0.2, 0) is 13.1 Å². The van der Waals surface area contributed by atoms with Crippen molar-refractivity contribution < 1.29 is 8.81 Å². The number of hydrogen-bond acceptors (Lipinski definition) is 3. The first kappa shape index (κ1) is 10.7. The summed E-state index contributed by atoms with van der Waals surface area (Å²) in [5.41, 5.74) is 5.89. The molecule has 2 rings (SSSR count). The molecule has 1 aromatic carbocycles. The lowest BCUT2D eigenvalue weighted by Crippen LogP contribution is -2.00. The number of benzene rings is 1. The van der Waals surface area contributed by atoms with E-state index in [2.05, 4.69) is 5.32 Å². The zero-order valence-corrected chi connectivity index (χ0v) is 8.74. The fourth-order valence-electron chi connectivity index (χ4n) is 1.41. The average Bonchev–Trinajstić information content (AvgIpc) is 2.76. The molecule has 3 nitrogen and oxygen atoms in total. The van der Waals surface area contributed by atoms with Crippen molar-refractivity contribution in [2.45, 2.75) is 13.1 Å². The summed E-state index contributed by atoms with van der Waals surface area (Å²) in [6.45, 7) is 0.820. The number of furan rings is 1. The van der Waals surface area contributed by atoms with Crippen molar-refractivity contribution in [3.8, 4) is 0 Å². The van der Waals surface area contributed by atoms with E-state index in [-0.39, 0.29) is 5.82 Å². The third kappa shape index (κ3) is 2.41. The van der Waals surface area contributed by atoms with E-state index in [0.717, 1.165) is 11.5 Å². The molecule has 0 spiro atoms. The van der Waals surface area contributed by atoms with E-state index >= 15 is 0 Å². The Balaban J connectivity index is 1.99. The molecule has 0 radical (unpaired) electrons. The number of rotatable bonds is 4. The number of para-hydroxylation sites is 1. The van der Waals surface area contributed by atoms with E-state index in [1.807, 2.05) is 12.1 Å². The maximum atomic E-state index is 13.3. The van der Waals surface area contributed by atoms with Crippen LogP contribution in [0.5, 0.6) is 0 Å². The van der Waals surface area contributed by atoms with Gasteiger partial charge >= 0.3 is 0 Å². The Bertz CT molecular complexity index is 468. The first-order chi connectivity index (χ1) is 7.79. The molecule has 2 aromatic rings. The Morgan fingerprint density at radius 2 is 1.88 bits per heavy atom. The molecule has 0 atom stereocenters. The van der Waals surface area contributed by atoms with Crippen molar-refractivity contribution in [1.82, 2.24) is 0 Å². The Kier molecular flexibility index (Phi) is 3.22. The van der Waals surface area contributed by atoms with Gasteiger partial charge in [-0.3, -0.25) is 0 Å². The predicted molar refractivity (Wildman–Crippen MR) is 60.3 cm³/mol. The Morgan fingerprint density at radius 1 is 1.12 bits per heavy atom. The standard InChI is InChI=1S/C12H13FN2O/c13-11-3-1-2-4-12(11)15-8-10-6-5-9(7-14)16-10/h1-6,15H,7-8,14H2. The van der Waals surface area contributed by atoms with Crippen molar-refractivity contribution >= 4 is 5.69 Å². The first-order valence-corrected chi connectivity index (χ1v) is 5.05. The number of nitrogens with one attached hydrogen (secondary N) is 1. The minimum absolute atomic E-state index is 0.270. The van der Waals surface area contributed by atoms with Crippen LogP contribution in [0.15, 0.2) is 40.8 Å². The topological polar surface area (TPSA) is 51.2 Å². The Morgan fingerprint density at radius 3 is 2.56 bits per heavy atom. The summed E-state index contributed by atoms with van der Waals surface area (Å²) in [6.07, 6.45) is 0. The molecule has 0 bridgehead atoms. The van der Waals surface area contributed by atoms with Crippen LogP contribution in [0, 0.1) is 5.82 Å². The molecule has 0 saturated carbocycles. The van der Waals surface area contributed by atoms with E-state index in [9.17, 15) is 4.39 Å². The molecule has 0 unspecified atom stereocenters. The van der Waals surface area contributed by atoms with Gasteiger partial charge in [0.2, 0.25) is 0 Å². The molecule has 0 aliphatic carbocycles. The molecule has 1 aromatic heterocycles. The molecule has 1 heterocycles. The van der Waals surface area contributed by atoms with Gasteiger partial charge in [0.1, 0.15) is 17.3 Å². The fraction of sp³-hybridized carbons (Fsp3) is 0.167. The molecule has 84 valence electrons. The highest BCUT2D eigenvalue weighted by Crippen LogP contribution is 2.14. The second kappa shape index (κ2) is 4.81. The average molecular weight is 220 g/mol. The van der Waals surface area contributed by atoms with E-state index in [0.29, 0.717) is 18.8 Å². The number of halogens is 1. The molecular weight excluding hydrogens is 207 g/mol. The summed E-state index contributed by atoms with van der Waals surface area (Å²) in [5, 5.41) is 2.96. The Labute approximate surface area is 93.1 Å². The normalized spacial score (nSPS) is 10.4. The van der Waals surface area contributed by atoms with E-state index in [4.69, 9.17) is 10.2 Å². The van der Waals surface area contributed by atoms with Crippen LogP contribution in [0.1, 0.15) is 11.5 Å². The summed E-state index contributed by atoms with van der Waals surface area (Å²) in [7, 11) is 0. The van der Waals surface area contributed by atoms with Gasteiger partial charge in [-0.05, 0) is 24.3 Å². The van der Waals surface area contributed by atoms with Crippen LogP contribution < -0.4 is 11.1 Å². The molecule has 0 saturated heterocycles. The molecule has 3 N–H and O–H groups in total. The zero-order chi connectivity index (χ0) is 11.4. The largest absolute Gasteiger partial charge is 0.463 e. The lowest BCUT2D eigenvalue weighted by Gasteiger charge is -2.04. The van der Waals surface area contributed by atoms with E-state index in [1.165, 1.54) is 6.07 Å². The van der Waals surface area contributed by atoms with Gasteiger partial charge in [0, 0.05) is 0 Å². The maximum absolute atomic E-state index is 13.3. The highest BCUT2D eigenvalue weighted by molar-refractivity contribution is 5.44. The molecule has 0 fully saturated rings. The second-order valence-electron chi connectivity index (χ2n) is 3.41. The third-order valence-electron chi connectivity index (χ3n) is 2.25. The first-order valence-electron chi connectivity index (χ1n) is 5.05. The smallest absolute Gasteiger partial charge is 0.146 e. The summed E-state index contributed by atoms with van der Waals surface area (Å²) in [6, 6.07) is 10.2. The van der Waals surface area contributed by atoms with Crippen LogP contribution in [0.25, 0.3) is 0 Å². The van der Waals surface area contributed by atoms with Gasteiger partial charge in [0.05, 0.1) is 18.8 Å². The molecule has 16 heavy (non-hydrogen) atoms. The lowest BCUT2D eigenvalue weighted by atomic mass is 10.3. The van der Waals surface area contributed by atoms with Crippen molar-refractivity contribution in [2.24, 2.45) is 5.73 Å². The molecule has 0 aliphatic rings. The summed E-state index contributed by atoms with van der Waals surface area (Å²) in [5.74, 6) is 1.20. The summed E-state index contributed by atoms with van der Waals surface area (Å²) >= 11 is 0. The minimum atomic E-state index is -0.270. The van der Waals surface area contributed by atoms with Crippen LogP contribution in [-0.4, -0.2) is 0 Å². The van der Waals surface area contributed by atoms with Gasteiger partial charge < -0.3 is 15.5 Å². The maximum Gasteiger partial charge on any atom is 0.146 e. The number of hydrogen-bond donors (Lipinski definition) is 2. The van der Waals surface area contributed by atoms with Gasteiger partial charge in [-0.1, -0.05) is 12.1 Å². The van der Waals surface area contributed by atoms with Gasteiger partial charge in [-0.25, -0.2) is 4.39 Å². The third-order valence-corrected chi connectivity index (χ3v) is 2.25. The van der Waals surface area contributed by atoms with E-state index in [1.54, 1.807) is 18.2 Å². The van der Waals surface area contributed by atoms with Crippen molar-refractivity contribution in [2.75, 3.05) is 5.32 Å². The van der Waals surface area contributed by atoms with E-state index < -0.39 is 0 Å². The fourth-order valence-corrected chi connectivity index (χ4v) is 1.41. The Hall–Kier alpha value is -1.81. The van der Waals surface area contributed by atoms with Crippen molar-refractivity contribution in [1.29, 1.82) is 0 Å².